The highest BCUT2D eigenvalue weighted by molar-refractivity contribution is 5.45. The van der Waals surface area contributed by atoms with E-state index in [-0.39, 0.29) is 0 Å². The molecular weight excluding hydrogens is 178 g/mol. The molecule has 0 atom stereocenters. The molecule has 0 unspecified atom stereocenters. The van der Waals surface area contributed by atoms with Crippen LogP contribution in [0.25, 0.3) is 5.82 Å². The van der Waals surface area contributed by atoms with Crippen LogP contribution >= 0.6 is 0 Å². The molecule has 5 heteroatoms. The SMILES string of the molecule is Cc1c(N)cnn1-c1ccc(N)cn1. The Morgan fingerprint density at radius 3 is 2.50 bits per heavy atom. The Hall–Kier alpha value is -2.04. The standard InChI is InChI=1S/C9H11N5/c1-6-8(11)5-13-14(6)9-3-2-7(10)4-12-9/h2-5H,10-11H2,1H3. The first kappa shape index (κ1) is 8.55. The summed E-state index contributed by atoms with van der Waals surface area (Å²) in [4.78, 5) is 4.14. The third kappa shape index (κ3) is 1.28. The van der Waals surface area contributed by atoms with Gasteiger partial charge >= 0.3 is 0 Å². The fraction of sp³-hybridized carbons (Fsp3) is 0.111. The van der Waals surface area contributed by atoms with Gasteiger partial charge in [-0.1, -0.05) is 0 Å². The smallest absolute Gasteiger partial charge is 0.153 e. The Morgan fingerprint density at radius 2 is 2.00 bits per heavy atom. The van der Waals surface area contributed by atoms with Gasteiger partial charge in [0.1, 0.15) is 0 Å². The molecule has 2 aromatic heterocycles. The quantitative estimate of drug-likeness (QED) is 0.693. The minimum atomic E-state index is 0.631. The lowest BCUT2D eigenvalue weighted by Crippen LogP contribution is -2.02. The van der Waals surface area contributed by atoms with Gasteiger partial charge in [0.15, 0.2) is 5.82 Å². The van der Waals surface area contributed by atoms with Crippen LogP contribution in [0.2, 0.25) is 0 Å². The van der Waals surface area contributed by atoms with Crippen molar-refractivity contribution < 1.29 is 0 Å². The van der Waals surface area contributed by atoms with Crippen molar-refractivity contribution in [1.82, 2.24) is 14.8 Å². The maximum Gasteiger partial charge on any atom is 0.153 e. The van der Waals surface area contributed by atoms with Gasteiger partial charge in [-0.2, -0.15) is 5.10 Å². The molecule has 0 aliphatic carbocycles. The second-order valence-corrected chi connectivity index (χ2v) is 3.05. The molecule has 0 aromatic carbocycles. The van der Waals surface area contributed by atoms with Crippen LogP contribution in [0.3, 0.4) is 0 Å². The van der Waals surface area contributed by atoms with Crippen molar-refractivity contribution in [2.45, 2.75) is 6.92 Å². The van der Waals surface area contributed by atoms with Crippen molar-refractivity contribution >= 4 is 11.4 Å². The van der Waals surface area contributed by atoms with Crippen LogP contribution in [-0.4, -0.2) is 14.8 Å². The minimum Gasteiger partial charge on any atom is -0.397 e. The van der Waals surface area contributed by atoms with E-state index < -0.39 is 0 Å². The summed E-state index contributed by atoms with van der Waals surface area (Å²) < 4.78 is 1.68. The first-order chi connectivity index (χ1) is 6.68. The van der Waals surface area contributed by atoms with E-state index in [1.54, 1.807) is 29.2 Å². The average Bonchev–Trinajstić information content (AvgIpc) is 2.50. The van der Waals surface area contributed by atoms with Gasteiger partial charge < -0.3 is 11.5 Å². The number of hydrogen-bond acceptors (Lipinski definition) is 4. The molecule has 0 saturated carbocycles. The maximum absolute atomic E-state index is 5.67. The van der Waals surface area contributed by atoms with Gasteiger partial charge in [-0.25, -0.2) is 9.67 Å². The summed E-state index contributed by atoms with van der Waals surface area (Å²) in [5.41, 5.74) is 13.4. The summed E-state index contributed by atoms with van der Waals surface area (Å²) in [6, 6.07) is 3.58. The monoisotopic (exact) mass is 189 g/mol. The third-order valence-corrected chi connectivity index (χ3v) is 2.04. The van der Waals surface area contributed by atoms with Gasteiger partial charge in [0.05, 0.1) is 29.5 Å². The predicted octanol–water partition coefficient (Wildman–Crippen LogP) is 0.740. The first-order valence-electron chi connectivity index (χ1n) is 4.20. The number of hydrogen-bond donors (Lipinski definition) is 2. The van der Waals surface area contributed by atoms with Gasteiger partial charge in [0, 0.05) is 0 Å². The van der Waals surface area contributed by atoms with Crippen molar-refractivity contribution in [2.24, 2.45) is 0 Å². The topological polar surface area (TPSA) is 82.8 Å². The lowest BCUT2D eigenvalue weighted by molar-refractivity contribution is 0.818. The number of anilines is 2. The van der Waals surface area contributed by atoms with Gasteiger partial charge in [0.2, 0.25) is 0 Å². The van der Waals surface area contributed by atoms with Gasteiger partial charge in [-0.3, -0.25) is 0 Å². The molecule has 0 saturated heterocycles. The molecule has 0 bridgehead atoms. The average molecular weight is 189 g/mol. The maximum atomic E-state index is 5.67. The highest BCUT2D eigenvalue weighted by atomic mass is 15.3. The molecule has 0 aliphatic rings. The number of nitrogens with zero attached hydrogens (tertiary/aromatic N) is 3. The molecule has 0 fully saturated rings. The van der Waals surface area contributed by atoms with Crippen molar-refractivity contribution in [1.29, 1.82) is 0 Å². The van der Waals surface area contributed by atoms with E-state index in [1.807, 2.05) is 6.92 Å². The molecule has 2 aromatic rings. The summed E-state index contributed by atoms with van der Waals surface area (Å²) >= 11 is 0. The Kier molecular flexibility index (Phi) is 1.85. The largest absolute Gasteiger partial charge is 0.397 e. The Labute approximate surface area is 81.4 Å². The molecule has 2 heterocycles. The van der Waals surface area contributed by atoms with Crippen LogP contribution in [0.15, 0.2) is 24.5 Å². The summed E-state index contributed by atoms with van der Waals surface area (Å²) in [5.74, 6) is 0.716. The van der Waals surface area contributed by atoms with Crippen LogP contribution in [0.1, 0.15) is 5.69 Å². The number of pyridine rings is 1. The number of nitrogens with two attached hydrogens (primary N) is 2. The Balaban J connectivity index is 2.49. The molecule has 0 radical (unpaired) electrons. The normalized spacial score (nSPS) is 10.4. The van der Waals surface area contributed by atoms with E-state index >= 15 is 0 Å². The lowest BCUT2D eigenvalue weighted by Gasteiger charge is -2.03. The second kappa shape index (κ2) is 3.02. The van der Waals surface area contributed by atoms with Crippen LogP contribution in [0.5, 0.6) is 0 Å². The molecule has 5 nitrogen and oxygen atoms in total. The Morgan fingerprint density at radius 1 is 1.21 bits per heavy atom. The molecule has 2 rings (SSSR count). The molecule has 0 amide bonds. The van der Waals surface area contributed by atoms with Crippen molar-refractivity contribution in [3.05, 3.63) is 30.2 Å². The zero-order valence-electron chi connectivity index (χ0n) is 7.81. The molecular formula is C9H11N5. The van der Waals surface area contributed by atoms with Gasteiger partial charge in [-0.15, -0.1) is 0 Å². The van der Waals surface area contributed by atoms with Crippen molar-refractivity contribution in [2.75, 3.05) is 11.5 Å². The second-order valence-electron chi connectivity index (χ2n) is 3.05. The van der Waals surface area contributed by atoms with E-state index in [0.29, 0.717) is 17.2 Å². The Bertz CT molecular complexity index is 443. The van der Waals surface area contributed by atoms with Crippen LogP contribution < -0.4 is 11.5 Å². The number of rotatable bonds is 1. The van der Waals surface area contributed by atoms with E-state index in [4.69, 9.17) is 11.5 Å². The van der Waals surface area contributed by atoms with E-state index in [1.165, 1.54) is 0 Å². The zero-order chi connectivity index (χ0) is 10.1. The van der Waals surface area contributed by atoms with Crippen molar-refractivity contribution in [3.8, 4) is 5.82 Å². The molecule has 0 spiro atoms. The molecule has 0 aliphatic heterocycles. The van der Waals surface area contributed by atoms with Gasteiger partial charge in [-0.05, 0) is 19.1 Å². The van der Waals surface area contributed by atoms with E-state index in [9.17, 15) is 0 Å². The van der Waals surface area contributed by atoms with E-state index in [2.05, 4.69) is 10.1 Å². The number of nitrogen functional groups attached to an aromatic ring is 2. The zero-order valence-corrected chi connectivity index (χ0v) is 7.81. The van der Waals surface area contributed by atoms with Crippen LogP contribution in [0.4, 0.5) is 11.4 Å². The summed E-state index contributed by atoms with van der Waals surface area (Å²) in [7, 11) is 0. The molecule has 14 heavy (non-hydrogen) atoms. The summed E-state index contributed by atoms with van der Waals surface area (Å²) in [6.45, 7) is 1.89. The predicted molar refractivity (Wildman–Crippen MR) is 54.9 cm³/mol. The van der Waals surface area contributed by atoms with Gasteiger partial charge in [0.25, 0.3) is 0 Å². The minimum absolute atomic E-state index is 0.631. The third-order valence-electron chi connectivity index (χ3n) is 2.04. The van der Waals surface area contributed by atoms with Crippen LogP contribution in [-0.2, 0) is 0 Å². The fourth-order valence-corrected chi connectivity index (χ4v) is 1.18. The van der Waals surface area contributed by atoms with Crippen LogP contribution in [0, 0.1) is 6.92 Å². The number of aromatic nitrogens is 3. The highest BCUT2D eigenvalue weighted by Crippen LogP contribution is 2.13. The summed E-state index contributed by atoms with van der Waals surface area (Å²) in [6.07, 6.45) is 3.19. The lowest BCUT2D eigenvalue weighted by atomic mass is 10.4. The van der Waals surface area contributed by atoms with Crippen molar-refractivity contribution in [3.63, 3.8) is 0 Å². The fourth-order valence-electron chi connectivity index (χ4n) is 1.18. The van der Waals surface area contributed by atoms with E-state index in [0.717, 1.165) is 5.69 Å². The highest BCUT2D eigenvalue weighted by Gasteiger charge is 2.05. The molecule has 72 valence electrons. The molecule has 4 N–H and O–H groups in total. The first-order valence-corrected chi connectivity index (χ1v) is 4.20. The summed E-state index contributed by atoms with van der Waals surface area (Å²) in [5, 5.41) is 4.10.